The number of benzene rings is 1. The third kappa shape index (κ3) is 3.80. The lowest BCUT2D eigenvalue weighted by molar-refractivity contribution is 0.243. The molecule has 2 N–H and O–H groups in total. The molecule has 0 saturated heterocycles. The van der Waals surface area contributed by atoms with Crippen LogP contribution in [-0.2, 0) is 6.54 Å². The number of hydrogen-bond acceptors (Lipinski definition) is 3. The Kier molecular flexibility index (Phi) is 5.57. The van der Waals surface area contributed by atoms with Gasteiger partial charge in [-0.25, -0.2) is 4.39 Å². The molecular weight excluding hydrogens is 363 g/mol. The van der Waals surface area contributed by atoms with Crippen LogP contribution in [0.4, 0.5) is 4.39 Å². The van der Waals surface area contributed by atoms with E-state index in [1.807, 2.05) is 18.5 Å². The fraction of sp³-hybridized carbons (Fsp3) is 0.286. The smallest absolute Gasteiger partial charge is 0.142 e. The lowest BCUT2D eigenvalue weighted by atomic mass is 10.1. The van der Waals surface area contributed by atoms with Crippen LogP contribution in [0.1, 0.15) is 16.5 Å². The van der Waals surface area contributed by atoms with Gasteiger partial charge < -0.3 is 5.73 Å². The monoisotopic (exact) mass is 376 g/mol. The van der Waals surface area contributed by atoms with E-state index in [9.17, 15) is 4.39 Å². The van der Waals surface area contributed by atoms with Gasteiger partial charge in [0.2, 0.25) is 0 Å². The van der Waals surface area contributed by atoms with E-state index in [4.69, 9.17) is 17.3 Å². The molecule has 0 aliphatic rings. The van der Waals surface area contributed by atoms with Crippen LogP contribution >= 0.6 is 38.9 Å². The Labute approximate surface area is 135 Å². The van der Waals surface area contributed by atoms with Crippen LogP contribution in [-0.4, -0.2) is 18.5 Å². The Hall–Kier alpha value is -0.460. The lowest BCUT2D eigenvalue weighted by Gasteiger charge is -2.27. The Balaban J connectivity index is 2.16. The van der Waals surface area contributed by atoms with Gasteiger partial charge in [0, 0.05) is 33.9 Å². The van der Waals surface area contributed by atoms with Gasteiger partial charge in [-0.2, -0.15) is 0 Å². The second kappa shape index (κ2) is 7.00. The molecule has 108 valence electrons. The van der Waals surface area contributed by atoms with Crippen molar-refractivity contribution in [1.82, 2.24) is 4.90 Å². The van der Waals surface area contributed by atoms with Gasteiger partial charge in [-0.3, -0.25) is 4.90 Å². The summed E-state index contributed by atoms with van der Waals surface area (Å²) in [6, 6.07) is 6.90. The third-order valence-corrected chi connectivity index (χ3v) is 5.10. The average molecular weight is 378 g/mol. The number of thiophene rings is 1. The van der Waals surface area contributed by atoms with Crippen molar-refractivity contribution in [2.24, 2.45) is 5.73 Å². The Bertz CT molecular complexity index is 590. The Morgan fingerprint density at radius 2 is 2.20 bits per heavy atom. The van der Waals surface area contributed by atoms with Crippen molar-refractivity contribution in [3.63, 3.8) is 0 Å². The fourth-order valence-corrected chi connectivity index (χ4v) is 3.71. The quantitative estimate of drug-likeness (QED) is 0.835. The molecule has 2 aromatic rings. The van der Waals surface area contributed by atoms with Crippen molar-refractivity contribution in [2.75, 3.05) is 13.6 Å². The molecule has 2 nitrogen and oxygen atoms in total. The highest BCUT2D eigenvalue weighted by Crippen LogP contribution is 2.27. The van der Waals surface area contributed by atoms with Crippen LogP contribution < -0.4 is 5.73 Å². The molecular formula is C14H15BrClFN2S. The van der Waals surface area contributed by atoms with Gasteiger partial charge >= 0.3 is 0 Å². The lowest BCUT2D eigenvalue weighted by Crippen LogP contribution is -2.30. The topological polar surface area (TPSA) is 29.3 Å². The number of likely N-dealkylation sites (N-methyl/N-ethyl adjacent to an activating group) is 1. The molecule has 20 heavy (non-hydrogen) atoms. The van der Waals surface area contributed by atoms with Crippen molar-refractivity contribution in [3.8, 4) is 0 Å². The van der Waals surface area contributed by atoms with Crippen molar-refractivity contribution in [2.45, 2.75) is 12.6 Å². The summed E-state index contributed by atoms with van der Waals surface area (Å²) < 4.78 is 14.7. The minimum Gasteiger partial charge on any atom is -0.329 e. The summed E-state index contributed by atoms with van der Waals surface area (Å²) in [7, 11) is 1.98. The molecule has 1 unspecified atom stereocenters. The number of nitrogens with zero attached hydrogens (tertiary/aromatic N) is 1. The second-order valence-electron chi connectivity index (χ2n) is 4.57. The zero-order valence-electron chi connectivity index (χ0n) is 10.9. The predicted octanol–water partition coefficient (Wildman–Crippen LogP) is 4.43. The maximum Gasteiger partial charge on any atom is 0.142 e. The van der Waals surface area contributed by atoms with Gasteiger partial charge in [-0.15, -0.1) is 11.3 Å². The molecule has 0 bridgehead atoms. The van der Waals surface area contributed by atoms with E-state index in [1.54, 1.807) is 17.4 Å². The molecule has 0 amide bonds. The largest absolute Gasteiger partial charge is 0.329 e. The normalized spacial score (nSPS) is 12.9. The van der Waals surface area contributed by atoms with Crippen LogP contribution in [0.3, 0.4) is 0 Å². The summed E-state index contributed by atoms with van der Waals surface area (Å²) in [4.78, 5) is 3.34. The highest BCUT2D eigenvalue weighted by Gasteiger charge is 2.17. The number of hydrogen-bond donors (Lipinski definition) is 1. The summed E-state index contributed by atoms with van der Waals surface area (Å²) in [5.41, 5.74) is 6.69. The van der Waals surface area contributed by atoms with Crippen LogP contribution in [0.5, 0.6) is 0 Å². The maximum absolute atomic E-state index is 13.6. The van der Waals surface area contributed by atoms with Crippen molar-refractivity contribution in [1.29, 1.82) is 0 Å². The van der Waals surface area contributed by atoms with Gasteiger partial charge in [0.1, 0.15) is 5.82 Å². The molecule has 0 aliphatic carbocycles. The zero-order chi connectivity index (χ0) is 14.7. The van der Waals surface area contributed by atoms with Gasteiger partial charge in [0.05, 0.1) is 5.02 Å². The second-order valence-corrected chi connectivity index (χ2v) is 6.89. The van der Waals surface area contributed by atoms with E-state index in [0.29, 0.717) is 6.54 Å². The predicted molar refractivity (Wildman–Crippen MR) is 86.7 cm³/mol. The highest BCUT2D eigenvalue weighted by atomic mass is 79.9. The molecule has 0 radical (unpaired) electrons. The average Bonchev–Trinajstić information content (AvgIpc) is 2.80. The Morgan fingerprint density at radius 1 is 1.45 bits per heavy atom. The van der Waals surface area contributed by atoms with E-state index >= 15 is 0 Å². The summed E-state index contributed by atoms with van der Waals surface area (Å²) >= 11 is 10.8. The molecule has 1 aromatic carbocycles. The first kappa shape index (κ1) is 15.9. The van der Waals surface area contributed by atoms with Gasteiger partial charge in [-0.1, -0.05) is 17.7 Å². The molecule has 0 aliphatic heterocycles. The van der Waals surface area contributed by atoms with Crippen molar-refractivity contribution < 1.29 is 4.39 Å². The summed E-state index contributed by atoms with van der Waals surface area (Å²) in [6.45, 7) is 1.19. The van der Waals surface area contributed by atoms with E-state index in [0.717, 1.165) is 16.6 Å². The summed E-state index contributed by atoms with van der Waals surface area (Å²) in [5, 5.41) is 2.18. The number of halogens is 3. The molecule has 0 fully saturated rings. The van der Waals surface area contributed by atoms with Crippen LogP contribution in [0.2, 0.25) is 5.02 Å². The molecule has 0 saturated carbocycles. The number of nitrogens with two attached hydrogens (primary N) is 1. The first-order chi connectivity index (χ1) is 9.51. The first-order valence-electron chi connectivity index (χ1n) is 6.09. The van der Waals surface area contributed by atoms with Gasteiger partial charge in [0.25, 0.3) is 0 Å². The highest BCUT2D eigenvalue weighted by molar-refractivity contribution is 9.10. The molecule has 0 spiro atoms. The molecule has 2 rings (SSSR count). The first-order valence-corrected chi connectivity index (χ1v) is 8.14. The Morgan fingerprint density at radius 3 is 2.75 bits per heavy atom. The molecule has 1 heterocycles. The minimum atomic E-state index is -0.408. The molecule has 1 atom stereocenters. The van der Waals surface area contributed by atoms with E-state index in [-0.39, 0.29) is 11.1 Å². The standard InChI is InChI=1S/C14H15BrClFN2S/c1-19(7-11-5-10(15)8-20-11)14(6-18)9-2-3-12(16)13(17)4-9/h2-5,8,14H,6-7,18H2,1H3. The summed E-state index contributed by atoms with van der Waals surface area (Å²) in [5.74, 6) is -0.408. The van der Waals surface area contributed by atoms with Crippen molar-refractivity contribution >= 4 is 38.9 Å². The maximum atomic E-state index is 13.6. The SMILES string of the molecule is CN(Cc1cc(Br)cs1)C(CN)c1ccc(Cl)c(F)c1. The minimum absolute atomic E-state index is 0.0392. The van der Waals surface area contributed by atoms with Gasteiger partial charge in [0.15, 0.2) is 0 Å². The van der Waals surface area contributed by atoms with Gasteiger partial charge in [-0.05, 0) is 46.7 Å². The zero-order valence-corrected chi connectivity index (χ0v) is 14.1. The van der Waals surface area contributed by atoms with Crippen LogP contribution in [0, 0.1) is 5.82 Å². The summed E-state index contributed by atoms with van der Waals surface area (Å²) in [6.07, 6.45) is 0. The van der Waals surface area contributed by atoms with Crippen LogP contribution in [0.15, 0.2) is 34.1 Å². The number of rotatable bonds is 5. The van der Waals surface area contributed by atoms with Crippen LogP contribution in [0.25, 0.3) is 0 Å². The van der Waals surface area contributed by atoms with E-state index in [2.05, 4.69) is 26.9 Å². The van der Waals surface area contributed by atoms with E-state index in [1.165, 1.54) is 10.9 Å². The molecule has 1 aromatic heterocycles. The third-order valence-electron chi connectivity index (χ3n) is 3.11. The molecule has 6 heteroatoms. The van der Waals surface area contributed by atoms with Crippen molar-refractivity contribution in [3.05, 3.63) is 55.4 Å². The fourth-order valence-electron chi connectivity index (χ4n) is 2.08. The van der Waals surface area contributed by atoms with E-state index < -0.39 is 5.82 Å².